The van der Waals surface area contributed by atoms with Gasteiger partial charge in [0.25, 0.3) is 0 Å². The molecule has 0 aliphatic heterocycles. The summed E-state index contributed by atoms with van der Waals surface area (Å²) in [4.78, 5) is 7.85. The lowest BCUT2D eigenvalue weighted by Crippen LogP contribution is -1.98. The van der Waals surface area contributed by atoms with Gasteiger partial charge in [-0.25, -0.2) is 9.37 Å². The second-order valence-electron chi connectivity index (χ2n) is 3.14. The number of nitrogen functional groups attached to an aromatic ring is 1. The van der Waals surface area contributed by atoms with Crippen molar-refractivity contribution in [3.05, 3.63) is 36.4 Å². The fraction of sp³-hybridized carbons (Fsp3) is 0.0909. The van der Waals surface area contributed by atoms with Crippen LogP contribution in [0.4, 0.5) is 10.2 Å². The first kappa shape index (κ1) is 10.4. The predicted molar refractivity (Wildman–Crippen MR) is 58.4 cm³/mol. The number of hydrogen-bond donors (Lipinski definition) is 1. The van der Waals surface area contributed by atoms with Crippen molar-refractivity contribution in [3.8, 4) is 17.0 Å². The number of rotatable bonds is 2. The number of nitrogens with two attached hydrogens (primary N) is 1. The van der Waals surface area contributed by atoms with Crippen molar-refractivity contribution in [2.45, 2.75) is 0 Å². The van der Waals surface area contributed by atoms with Gasteiger partial charge >= 0.3 is 0 Å². The highest BCUT2D eigenvalue weighted by Gasteiger charge is 2.10. The van der Waals surface area contributed by atoms with Crippen molar-refractivity contribution in [2.24, 2.45) is 0 Å². The molecule has 4 nitrogen and oxygen atoms in total. The molecule has 0 bridgehead atoms. The molecule has 0 aliphatic rings. The summed E-state index contributed by atoms with van der Waals surface area (Å²) in [5, 5.41) is 0. The number of aromatic nitrogens is 2. The molecule has 2 aromatic rings. The first-order chi connectivity index (χ1) is 7.72. The molecule has 16 heavy (non-hydrogen) atoms. The average molecular weight is 219 g/mol. The fourth-order valence-electron chi connectivity index (χ4n) is 1.37. The van der Waals surface area contributed by atoms with Crippen LogP contribution < -0.4 is 10.5 Å². The highest BCUT2D eigenvalue weighted by atomic mass is 19.1. The van der Waals surface area contributed by atoms with Crippen molar-refractivity contribution in [1.82, 2.24) is 9.97 Å². The third-order valence-electron chi connectivity index (χ3n) is 2.16. The van der Waals surface area contributed by atoms with Gasteiger partial charge in [0.2, 0.25) is 0 Å². The second-order valence-corrected chi connectivity index (χ2v) is 3.14. The van der Waals surface area contributed by atoms with E-state index in [9.17, 15) is 4.39 Å². The Balaban J connectivity index is 2.53. The molecule has 0 atom stereocenters. The highest BCUT2D eigenvalue weighted by molar-refractivity contribution is 5.70. The molecule has 5 heteroatoms. The Morgan fingerprint density at radius 1 is 1.25 bits per heavy atom. The monoisotopic (exact) mass is 219 g/mol. The summed E-state index contributed by atoms with van der Waals surface area (Å²) in [7, 11) is 1.48. The Labute approximate surface area is 91.9 Å². The molecule has 0 unspecified atom stereocenters. The maximum atomic E-state index is 13.7. The Kier molecular flexibility index (Phi) is 2.68. The summed E-state index contributed by atoms with van der Waals surface area (Å²) in [6.45, 7) is 0. The van der Waals surface area contributed by atoms with Gasteiger partial charge in [-0.3, -0.25) is 4.98 Å². The van der Waals surface area contributed by atoms with Gasteiger partial charge in [-0.05, 0) is 12.1 Å². The van der Waals surface area contributed by atoms with E-state index in [1.165, 1.54) is 25.6 Å². The van der Waals surface area contributed by atoms with Crippen LogP contribution in [0.2, 0.25) is 0 Å². The number of ether oxygens (including phenoxy) is 1. The quantitative estimate of drug-likeness (QED) is 0.837. The lowest BCUT2D eigenvalue weighted by molar-refractivity contribution is 0.411. The van der Waals surface area contributed by atoms with Gasteiger partial charge in [0, 0.05) is 24.0 Å². The summed E-state index contributed by atoms with van der Waals surface area (Å²) in [5.41, 5.74) is 6.27. The molecule has 2 rings (SSSR count). The normalized spacial score (nSPS) is 10.1. The molecule has 0 spiro atoms. The molecular formula is C11H10FN3O. The summed E-state index contributed by atoms with van der Waals surface area (Å²) in [6.07, 6.45) is 2.93. The molecule has 2 N–H and O–H groups in total. The van der Waals surface area contributed by atoms with Crippen LogP contribution in [-0.2, 0) is 0 Å². The zero-order chi connectivity index (χ0) is 11.5. The Morgan fingerprint density at radius 2 is 2.00 bits per heavy atom. The summed E-state index contributed by atoms with van der Waals surface area (Å²) in [6, 6.07) is 4.49. The van der Waals surface area contributed by atoms with E-state index < -0.39 is 5.82 Å². The van der Waals surface area contributed by atoms with Crippen LogP contribution in [0.25, 0.3) is 11.3 Å². The van der Waals surface area contributed by atoms with Crippen LogP contribution in [0, 0.1) is 5.82 Å². The van der Waals surface area contributed by atoms with Crippen LogP contribution in [0.5, 0.6) is 5.75 Å². The topological polar surface area (TPSA) is 61.0 Å². The number of nitrogens with zero attached hydrogens (tertiary/aromatic N) is 2. The predicted octanol–water partition coefficient (Wildman–Crippen LogP) is 1.87. The molecule has 0 saturated carbocycles. The molecule has 0 saturated heterocycles. The number of benzene rings is 1. The summed E-state index contributed by atoms with van der Waals surface area (Å²) < 4.78 is 18.6. The van der Waals surface area contributed by atoms with E-state index in [4.69, 9.17) is 10.5 Å². The van der Waals surface area contributed by atoms with E-state index in [-0.39, 0.29) is 5.82 Å². The minimum absolute atomic E-state index is 0.201. The highest BCUT2D eigenvalue weighted by Crippen LogP contribution is 2.27. The van der Waals surface area contributed by atoms with E-state index in [1.54, 1.807) is 12.1 Å². The molecule has 0 radical (unpaired) electrons. The van der Waals surface area contributed by atoms with Crippen LogP contribution >= 0.6 is 0 Å². The van der Waals surface area contributed by atoms with Gasteiger partial charge in [0.15, 0.2) is 0 Å². The lowest BCUT2D eigenvalue weighted by atomic mass is 10.1. The largest absolute Gasteiger partial charge is 0.497 e. The zero-order valence-corrected chi connectivity index (χ0v) is 8.64. The summed E-state index contributed by atoms with van der Waals surface area (Å²) in [5.74, 6) is 0.210. The van der Waals surface area contributed by atoms with Crippen LogP contribution in [-0.4, -0.2) is 17.1 Å². The molecule has 1 aromatic carbocycles. The molecule has 0 amide bonds. The van der Waals surface area contributed by atoms with E-state index in [2.05, 4.69) is 9.97 Å². The van der Waals surface area contributed by atoms with E-state index in [0.717, 1.165) is 0 Å². The Hall–Kier alpha value is -2.17. The van der Waals surface area contributed by atoms with Gasteiger partial charge in [0.05, 0.1) is 7.11 Å². The number of halogens is 1. The Bertz CT molecular complexity index is 516. The molecule has 82 valence electrons. The number of methoxy groups -OCH3 is 1. The standard InChI is InChI=1S/C11H10FN3O/c1-16-7-2-3-8(9(12)6-7)10-11(13)15-5-4-14-10/h2-6H,1H3,(H2,13,15). The lowest BCUT2D eigenvalue weighted by Gasteiger charge is -2.06. The minimum Gasteiger partial charge on any atom is -0.497 e. The molecular weight excluding hydrogens is 209 g/mol. The van der Waals surface area contributed by atoms with Crippen LogP contribution in [0.15, 0.2) is 30.6 Å². The molecule has 1 aromatic heterocycles. The maximum Gasteiger partial charge on any atom is 0.150 e. The van der Waals surface area contributed by atoms with Gasteiger partial charge in [-0.1, -0.05) is 0 Å². The SMILES string of the molecule is COc1ccc(-c2nccnc2N)c(F)c1. The third kappa shape index (κ3) is 1.79. The van der Waals surface area contributed by atoms with Gasteiger partial charge in [0.1, 0.15) is 23.1 Å². The van der Waals surface area contributed by atoms with Crippen molar-refractivity contribution in [3.63, 3.8) is 0 Å². The molecule has 0 aliphatic carbocycles. The van der Waals surface area contributed by atoms with Crippen molar-refractivity contribution < 1.29 is 9.13 Å². The van der Waals surface area contributed by atoms with Gasteiger partial charge in [-0.15, -0.1) is 0 Å². The van der Waals surface area contributed by atoms with Gasteiger partial charge < -0.3 is 10.5 Å². The van der Waals surface area contributed by atoms with Crippen molar-refractivity contribution >= 4 is 5.82 Å². The first-order valence-electron chi connectivity index (χ1n) is 4.63. The maximum absolute atomic E-state index is 13.7. The Morgan fingerprint density at radius 3 is 2.62 bits per heavy atom. The van der Waals surface area contributed by atoms with Crippen LogP contribution in [0.1, 0.15) is 0 Å². The smallest absolute Gasteiger partial charge is 0.150 e. The fourth-order valence-corrected chi connectivity index (χ4v) is 1.37. The number of hydrogen-bond acceptors (Lipinski definition) is 4. The van der Waals surface area contributed by atoms with Crippen LogP contribution in [0.3, 0.4) is 0 Å². The third-order valence-corrected chi connectivity index (χ3v) is 2.16. The molecule has 0 fully saturated rings. The number of anilines is 1. The summed E-state index contributed by atoms with van der Waals surface area (Å²) >= 11 is 0. The second kappa shape index (κ2) is 4.14. The average Bonchev–Trinajstić information content (AvgIpc) is 2.30. The van der Waals surface area contributed by atoms with E-state index in [1.807, 2.05) is 0 Å². The zero-order valence-electron chi connectivity index (χ0n) is 8.64. The first-order valence-corrected chi connectivity index (χ1v) is 4.63. The minimum atomic E-state index is -0.438. The molecule has 1 heterocycles. The van der Waals surface area contributed by atoms with Gasteiger partial charge in [-0.2, -0.15) is 0 Å². The van der Waals surface area contributed by atoms with E-state index in [0.29, 0.717) is 17.0 Å². The van der Waals surface area contributed by atoms with E-state index >= 15 is 0 Å². The van der Waals surface area contributed by atoms with Crippen molar-refractivity contribution in [1.29, 1.82) is 0 Å². The van der Waals surface area contributed by atoms with Crippen molar-refractivity contribution in [2.75, 3.05) is 12.8 Å².